The monoisotopic (exact) mass is 357 g/mol. The Morgan fingerprint density at radius 3 is 2.81 bits per heavy atom. The van der Waals surface area contributed by atoms with E-state index in [1.807, 2.05) is 28.5 Å². The van der Waals surface area contributed by atoms with Crippen LogP contribution >= 0.6 is 0 Å². The van der Waals surface area contributed by atoms with Gasteiger partial charge < -0.3 is 14.4 Å². The largest absolute Gasteiger partial charge is 0.342 e. The maximum Gasteiger partial charge on any atom is 0.270 e. The second-order valence-corrected chi connectivity index (χ2v) is 7.56. The molecule has 2 aliphatic heterocycles. The maximum absolute atomic E-state index is 13.5. The molecule has 2 aliphatic rings. The van der Waals surface area contributed by atoms with Crippen LogP contribution in [-0.2, 0) is 11.8 Å². The summed E-state index contributed by atoms with van der Waals surface area (Å²) >= 11 is 0. The molecule has 1 aromatic heterocycles. The summed E-state index contributed by atoms with van der Waals surface area (Å²) in [5.41, 5.74) is 1.44. The van der Waals surface area contributed by atoms with E-state index < -0.39 is 0 Å². The predicted octanol–water partition coefficient (Wildman–Crippen LogP) is 2.79. The summed E-state index contributed by atoms with van der Waals surface area (Å²) in [7, 11) is 3.74. The van der Waals surface area contributed by atoms with Crippen molar-refractivity contribution in [1.82, 2.24) is 14.4 Å². The summed E-state index contributed by atoms with van der Waals surface area (Å²) in [4.78, 5) is 29.0. The molecule has 5 nitrogen and oxygen atoms in total. The van der Waals surface area contributed by atoms with Gasteiger partial charge in [0.15, 0.2) is 0 Å². The summed E-state index contributed by atoms with van der Waals surface area (Å²) in [6.45, 7) is 1.32. The van der Waals surface area contributed by atoms with Crippen LogP contribution < -0.4 is 0 Å². The topological polar surface area (TPSA) is 45.6 Å². The fraction of sp³-hybridized carbons (Fsp3) is 0.500. The van der Waals surface area contributed by atoms with Gasteiger partial charge in [-0.15, -0.1) is 0 Å². The fourth-order valence-electron chi connectivity index (χ4n) is 4.56. The lowest BCUT2D eigenvalue weighted by atomic mass is 9.88. The van der Waals surface area contributed by atoms with Crippen LogP contribution in [-0.4, -0.2) is 52.4 Å². The van der Waals surface area contributed by atoms with E-state index in [-0.39, 0.29) is 23.7 Å². The lowest BCUT2D eigenvalue weighted by Gasteiger charge is -2.41. The van der Waals surface area contributed by atoms with Crippen molar-refractivity contribution in [3.8, 4) is 0 Å². The second-order valence-electron chi connectivity index (χ2n) is 7.56. The molecular weight excluding hydrogens is 333 g/mol. The number of aromatic nitrogens is 1. The van der Waals surface area contributed by atoms with E-state index in [9.17, 15) is 14.0 Å². The van der Waals surface area contributed by atoms with Crippen LogP contribution in [0.2, 0.25) is 0 Å². The minimum atomic E-state index is -0.297. The Balaban J connectivity index is 1.58. The number of hydrogen-bond acceptors (Lipinski definition) is 2. The molecule has 6 heteroatoms. The number of rotatable bonds is 1. The quantitative estimate of drug-likeness (QED) is 0.788. The molecule has 0 unspecified atom stereocenters. The van der Waals surface area contributed by atoms with Gasteiger partial charge in [-0.25, -0.2) is 4.39 Å². The van der Waals surface area contributed by atoms with Crippen LogP contribution in [0.3, 0.4) is 0 Å². The molecule has 1 aromatic carbocycles. The smallest absolute Gasteiger partial charge is 0.270 e. The minimum absolute atomic E-state index is 0.0132. The standard InChI is InChI=1S/C20H24FN3O2/c1-22-16-7-6-15(21)10-14(16)11-18(22)20(26)24-9-8-17-13(12-24)4-3-5-19(25)23(17)2/h6-7,10-11,13,17H,3-5,8-9,12H2,1-2H3/t13-,17+/m0/s1. The van der Waals surface area contributed by atoms with E-state index in [1.165, 1.54) is 12.1 Å². The molecule has 0 N–H and O–H groups in total. The third kappa shape index (κ3) is 2.77. The van der Waals surface area contributed by atoms with Gasteiger partial charge in [0.25, 0.3) is 5.91 Å². The highest BCUT2D eigenvalue weighted by atomic mass is 19.1. The highest BCUT2D eigenvalue weighted by molar-refractivity contribution is 5.98. The van der Waals surface area contributed by atoms with Gasteiger partial charge in [-0.2, -0.15) is 0 Å². The number of piperidine rings is 1. The third-order valence-corrected chi connectivity index (χ3v) is 6.06. The molecule has 0 bridgehead atoms. The molecular formula is C20H24FN3O2. The molecule has 138 valence electrons. The number of carbonyl (C=O) groups excluding carboxylic acids is 2. The number of likely N-dealkylation sites (tertiary alicyclic amines) is 2. The lowest BCUT2D eigenvalue weighted by Crippen LogP contribution is -2.52. The molecule has 2 aromatic rings. The third-order valence-electron chi connectivity index (χ3n) is 6.06. The molecule has 0 aliphatic carbocycles. The molecule has 2 atom stereocenters. The Labute approximate surface area is 152 Å². The highest BCUT2D eigenvalue weighted by Crippen LogP contribution is 2.31. The number of carbonyl (C=O) groups is 2. The highest BCUT2D eigenvalue weighted by Gasteiger charge is 2.37. The lowest BCUT2D eigenvalue weighted by molar-refractivity contribution is -0.132. The van der Waals surface area contributed by atoms with Crippen LogP contribution in [0.1, 0.15) is 36.2 Å². The van der Waals surface area contributed by atoms with Gasteiger partial charge in [-0.3, -0.25) is 9.59 Å². The van der Waals surface area contributed by atoms with Crippen molar-refractivity contribution in [1.29, 1.82) is 0 Å². The number of aryl methyl sites for hydroxylation is 1. The zero-order chi connectivity index (χ0) is 18.4. The van der Waals surface area contributed by atoms with Gasteiger partial charge in [0.1, 0.15) is 11.5 Å². The first-order valence-electron chi connectivity index (χ1n) is 9.25. The van der Waals surface area contributed by atoms with Crippen molar-refractivity contribution in [2.75, 3.05) is 20.1 Å². The van der Waals surface area contributed by atoms with E-state index in [1.54, 1.807) is 12.1 Å². The minimum Gasteiger partial charge on any atom is -0.342 e. The Kier molecular flexibility index (Phi) is 4.21. The van der Waals surface area contributed by atoms with Crippen molar-refractivity contribution < 1.29 is 14.0 Å². The Morgan fingerprint density at radius 2 is 2.00 bits per heavy atom. The number of amides is 2. The van der Waals surface area contributed by atoms with E-state index in [0.717, 1.165) is 30.2 Å². The fourth-order valence-corrected chi connectivity index (χ4v) is 4.56. The van der Waals surface area contributed by atoms with Crippen LogP contribution in [0.5, 0.6) is 0 Å². The molecule has 0 saturated carbocycles. The van der Waals surface area contributed by atoms with Gasteiger partial charge in [0.2, 0.25) is 5.91 Å². The summed E-state index contributed by atoms with van der Waals surface area (Å²) in [5, 5.41) is 0.741. The molecule has 4 rings (SSSR count). The summed E-state index contributed by atoms with van der Waals surface area (Å²) in [5.74, 6) is 0.235. The van der Waals surface area contributed by atoms with E-state index in [0.29, 0.717) is 31.1 Å². The number of halogens is 1. The van der Waals surface area contributed by atoms with Crippen molar-refractivity contribution in [2.45, 2.75) is 31.7 Å². The number of hydrogen-bond donors (Lipinski definition) is 0. The Bertz CT molecular complexity index is 875. The zero-order valence-corrected chi connectivity index (χ0v) is 15.2. The van der Waals surface area contributed by atoms with Crippen LogP contribution in [0.4, 0.5) is 4.39 Å². The molecule has 0 spiro atoms. The number of nitrogens with zero attached hydrogens (tertiary/aromatic N) is 3. The van der Waals surface area contributed by atoms with E-state index in [4.69, 9.17) is 0 Å². The van der Waals surface area contributed by atoms with Gasteiger partial charge in [0, 0.05) is 50.6 Å². The van der Waals surface area contributed by atoms with Gasteiger partial charge in [0.05, 0.1) is 0 Å². The first kappa shape index (κ1) is 17.1. The van der Waals surface area contributed by atoms with Gasteiger partial charge in [-0.1, -0.05) is 0 Å². The van der Waals surface area contributed by atoms with Crippen LogP contribution in [0.25, 0.3) is 10.9 Å². The predicted molar refractivity (Wildman–Crippen MR) is 97.3 cm³/mol. The van der Waals surface area contributed by atoms with Gasteiger partial charge in [-0.05, 0) is 49.4 Å². The zero-order valence-electron chi connectivity index (χ0n) is 15.2. The van der Waals surface area contributed by atoms with Crippen LogP contribution in [0.15, 0.2) is 24.3 Å². The molecule has 26 heavy (non-hydrogen) atoms. The van der Waals surface area contributed by atoms with Crippen molar-refractivity contribution in [2.24, 2.45) is 13.0 Å². The number of benzene rings is 1. The molecule has 3 heterocycles. The second kappa shape index (κ2) is 6.41. The van der Waals surface area contributed by atoms with Gasteiger partial charge >= 0.3 is 0 Å². The molecule has 2 saturated heterocycles. The summed E-state index contributed by atoms with van der Waals surface area (Å²) in [6.07, 6.45) is 3.29. The first-order chi connectivity index (χ1) is 12.5. The average Bonchev–Trinajstić information content (AvgIpc) is 2.88. The maximum atomic E-state index is 13.5. The summed E-state index contributed by atoms with van der Waals surface area (Å²) in [6, 6.07) is 6.59. The van der Waals surface area contributed by atoms with Crippen molar-refractivity contribution in [3.63, 3.8) is 0 Å². The number of fused-ring (bicyclic) bond motifs is 2. The van der Waals surface area contributed by atoms with Crippen molar-refractivity contribution >= 4 is 22.7 Å². The Hall–Kier alpha value is -2.37. The molecule has 0 radical (unpaired) electrons. The van der Waals surface area contributed by atoms with Crippen molar-refractivity contribution in [3.05, 3.63) is 35.8 Å². The average molecular weight is 357 g/mol. The van der Waals surface area contributed by atoms with E-state index >= 15 is 0 Å². The van der Waals surface area contributed by atoms with E-state index in [2.05, 4.69) is 0 Å². The Morgan fingerprint density at radius 1 is 1.19 bits per heavy atom. The first-order valence-corrected chi connectivity index (χ1v) is 9.25. The van der Waals surface area contributed by atoms with Crippen LogP contribution in [0, 0.1) is 11.7 Å². The SMILES string of the molecule is CN1C(=O)CCC[C@H]2CN(C(=O)c3cc4cc(F)ccc4n3C)CC[C@H]21. The summed E-state index contributed by atoms with van der Waals surface area (Å²) < 4.78 is 15.3. The molecule has 2 amide bonds. The normalized spacial score (nSPS) is 23.9. The molecule has 2 fully saturated rings.